The lowest BCUT2D eigenvalue weighted by molar-refractivity contribution is -0.144. The minimum Gasteiger partial charge on any atom is -0.508 e. The zero-order chi connectivity index (χ0) is 12.7. The molecule has 5 heteroatoms. The van der Waals surface area contributed by atoms with Crippen molar-refractivity contribution >= 4 is 5.97 Å². The fraction of sp³-hybridized carbons (Fsp3) is 0.417. The summed E-state index contributed by atoms with van der Waals surface area (Å²) >= 11 is 0. The summed E-state index contributed by atoms with van der Waals surface area (Å²) < 4.78 is 26.5. The lowest BCUT2D eigenvalue weighted by Gasteiger charge is -2.24. The van der Waals surface area contributed by atoms with E-state index in [0.29, 0.717) is 0 Å². The number of phenolic OH excluding ortho intramolecular Hbond substituents is 1. The van der Waals surface area contributed by atoms with E-state index in [-0.39, 0.29) is 17.7 Å². The number of rotatable bonds is 2. The van der Waals surface area contributed by atoms with E-state index in [1.54, 1.807) is 0 Å². The van der Waals surface area contributed by atoms with Crippen LogP contribution in [0.1, 0.15) is 24.8 Å². The highest BCUT2D eigenvalue weighted by molar-refractivity contribution is 5.82. The van der Waals surface area contributed by atoms with Gasteiger partial charge in [-0.3, -0.25) is 4.79 Å². The molecule has 17 heavy (non-hydrogen) atoms. The van der Waals surface area contributed by atoms with Crippen LogP contribution in [-0.4, -0.2) is 22.1 Å². The molecule has 1 aromatic rings. The molecule has 3 nitrogen and oxygen atoms in total. The maximum atomic E-state index is 13.3. The monoisotopic (exact) mass is 242 g/mol. The Kier molecular flexibility index (Phi) is 2.56. The molecule has 1 aromatic carbocycles. The van der Waals surface area contributed by atoms with Crippen LogP contribution >= 0.6 is 0 Å². The van der Waals surface area contributed by atoms with Gasteiger partial charge in [0.15, 0.2) is 0 Å². The molecule has 0 saturated heterocycles. The molecule has 1 aliphatic rings. The molecule has 0 bridgehead atoms. The third-order valence-corrected chi connectivity index (χ3v) is 3.29. The Bertz CT molecular complexity index is 459. The van der Waals surface area contributed by atoms with Crippen molar-refractivity contribution in [2.45, 2.75) is 30.6 Å². The van der Waals surface area contributed by atoms with Gasteiger partial charge in [-0.25, -0.2) is 8.78 Å². The van der Waals surface area contributed by atoms with Crippen molar-refractivity contribution in [3.8, 4) is 5.75 Å². The summed E-state index contributed by atoms with van der Waals surface area (Å²) in [5, 5.41) is 18.5. The topological polar surface area (TPSA) is 57.5 Å². The molecule has 0 heterocycles. The third-order valence-electron chi connectivity index (χ3n) is 3.29. The summed E-state index contributed by atoms with van der Waals surface area (Å²) in [4.78, 5) is 11.3. The number of hydrogen-bond donors (Lipinski definition) is 2. The maximum Gasteiger partial charge on any atom is 0.314 e. The number of halogens is 2. The standard InChI is InChI=1S/C12H12F2O3/c13-12(14)5-4-11(7-12,10(16)17)8-2-1-3-9(15)6-8/h1-3,6,15H,4-5,7H2,(H,16,17). The number of hydrogen-bond acceptors (Lipinski definition) is 2. The second-order valence-electron chi connectivity index (χ2n) is 4.47. The summed E-state index contributed by atoms with van der Waals surface area (Å²) in [7, 11) is 0. The first kappa shape index (κ1) is 11.8. The third kappa shape index (κ3) is 1.97. The molecule has 92 valence electrons. The molecule has 0 aromatic heterocycles. The fourth-order valence-electron chi connectivity index (χ4n) is 2.37. The Morgan fingerprint density at radius 1 is 1.29 bits per heavy atom. The van der Waals surface area contributed by atoms with Gasteiger partial charge in [0.2, 0.25) is 5.92 Å². The Hall–Kier alpha value is -1.65. The Morgan fingerprint density at radius 3 is 2.47 bits per heavy atom. The van der Waals surface area contributed by atoms with E-state index in [9.17, 15) is 23.8 Å². The van der Waals surface area contributed by atoms with Crippen LogP contribution in [0.15, 0.2) is 24.3 Å². The molecule has 1 atom stereocenters. The van der Waals surface area contributed by atoms with Gasteiger partial charge in [-0.1, -0.05) is 12.1 Å². The van der Waals surface area contributed by atoms with E-state index in [4.69, 9.17) is 0 Å². The van der Waals surface area contributed by atoms with E-state index in [1.807, 2.05) is 0 Å². The number of carboxylic acid groups (broad SMARTS) is 1. The highest BCUT2D eigenvalue weighted by Gasteiger charge is 2.55. The second kappa shape index (κ2) is 3.68. The van der Waals surface area contributed by atoms with Gasteiger partial charge in [0.05, 0.1) is 5.41 Å². The van der Waals surface area contributed by atoms with Gasteiger partial charge in [0, 0.05) is 12.8 Å². The van der Waals surface area contributed by atoms with E-state index in [1.165, 1.54) is 24.3 Å². The Morgan fingerprint density at radius 2 is 2.00 bits per heavy atom. The van der Waals surface area contributed by atoms with Gasteiger partial charge >= 0.3 is 5.97 Å². The molecule has 0 spiro atoms. The summed E-state index contributed by atoms with van der Waals surface area (Å²) in [6.45, 7) is 0. The molecule has 1 saturated carbocycles. The van der Waals surface area contributed by atoms with Gasteiger partial charge in [0.25, 0.3) is 0 Å². The number of benzene rings is 1. The number of carbonyl (C=O) groups is 1. The molecule has 1 unspecified atom stereocenters. The van der Waals surface area contributed by atoms with Gasteiger partial charge in [-0.2, -0.15) is 0 Å². The molecule has 0 amide bonds. The van der Waals surface area contributed by atoms with Crippen molar-refractivity contribution in [2.75, 3.05) is 0 Å². The van der Waals surface area contributed by atoms with Crippen LogP contribution in [0, 0.1) is 0 Å². The number of alkyl halides is 2. The van der Waals surface area contributed by atoms with Crippen molar-refractivity contribution in [1.29, 1.82) is 0 Å². The maximum absolute atomic E-state index is 13.3. The van der Waals surface area contributed by atoms with Gasteiger partial charge < -0.3 is 10.2 Å². The zero-order valence-electron chi connectivity index (χ0n) is 8.99. The Labute approximate surface area is 96.7 Å². The second-order valence-corrected chi connectivity index (χ2v) is 4.47. The molecular formula is C12H12F2O3. The minimum absolute atomic E-state index is 0.112. The van der Waals surface area contributed by atoms with Crippen LogP contribution in [0.5, 0.6) is 5.75 Å². The van der Waals surface area contributed by atoms with Crippen LogP contribution in [0.4, 0.5) is 8.78 Å². The quantitative estimate of drug-likeness (QED) is 0.837. The first-order valence-corrected chi connectivity index (χ1v) is 5.26. The molecule has 2 N–H and O–H groups in total. The molecule has 0 aliphatic heterocycles. The predicted molar refractivity (Wildman–Crippen MR) is 56.2 cm³/mol. The van der Waals surface area contributed by atoms with E-state index in [0.717, 1.165) is 0 Å². The van der Waals surface area contributed by atoms with Crippen LogP contribution in [0.25, 0.3) is 0 Å². The number of phenols is 1. The summed E-state index contributed by atoms with van der Waals surface area (Å²) in [6.07, 6.45) is -1.26. The molecule has 1 aliphatic carbocycles. The Balaban J connectivity index is 2.47. The van der Waals surface area contributed by atoms with Crippen LogP contribution in [0.2, 0.25) is 0 Å². The van der Waals surface area contributed by atoms with Crippen LogP contribution in [-0.2, 0) is 10.2 Å². The average molecular weight is 242 g/mol. The van der Waals surface area contributed by atoms with Crippen LogP contribution in [0.3, 0.4) is 0 Å². The van der Waals surface area contributed by atoms with Crippen molar-refractivity contribution in [3.63, 3.8) is 0 Å². The predicted octanol–water partition coefficient (Wildman–Crippen LogP) is 2.53. The van der Waals surface area contributed by atoms with Crippen molar-refractivity contribution in [3.05, 3.63) is 29.8 Å². The SMILES string of the molecule is O=C(O)C1(c2cccc(O)c2)CCC(F)(F)C1. The normalized spacial score (nSPS) is 26.9. The van der Waals surface area contributed by atoms with Crippen molar-refractivity contribution in [1.82, 2.24) is 0 Å². The van der Waals surface area contributed by atoms with E-state index >= 15 is 0 Å². The number of carboxylic acids is 1. The fourth-order valence-corrected chi connectivity index (χ4v) is 2.37. The average Bonchev–Trinajstić information content (AvgIpc) is 2.56. The van der Waals surface area contributed by atoms with Crippen molar-refractivity contribution < 1.29 is 23.8 Å². The van der Waals surface area contributed by atoms with Crippen LogP contribution < -0.4 is 0 Å². The van der Waals surface area contributed by atoms with Gasteiger partial charge in [-0.15, -0.1) is 0 Å². The highest BCUT2D eigenvalue weighted by Crippen LogP contribution is 2.49. The lowest BCUT2D eigenvalue weighted by atomic mass is 9.79. The van der Waals surface area contributed by atoms with Crippen molar-refractivity contribution in [2.24, 2.45) is 0 Å². The summed E-state index contributed by atoms with van der Waals surface area (Å²) in [6, 6.07) is 5.56. The first-order valence-electron chi connectivity index (χ1n) is 5.26. The highest BCUT2D eigenvalue weighted by atomic mass is 19.3. The summed E-state index contributed by atoms with van der Waals surface area (Å²) in [5.41, 5.74) is -1.34. The minimum atomic E-state index is -2.95. The van der Waals surface area contributed by atoms with E-state index < -0.39 is 30.1 Å². The summed E-state index contributed by atoms with van der Waals surface area (Å²) in [5.74, 6) is -4.33. The molecular weight excluding hydrogens is 230 g/mol. The molecule has 1 fully saturated rings. The van der Waals surface area contributed by atoms with Gasteiger partial charge in [0.1, 0.15) is 5.75 Å². The lowest BCUT2D eigenvalue weighted by Crippen LogP contribution is -2.34. The first-order chi connectivity index (χ1) is 7.86. The number of aromatic hydroxyl groups is 1. The largest absolute Gasteiger partial charge is 0.508 e. The van der Waals surface area contributed by atoms with Gasteiger partial charge in [-0.05, 0) is 24.1 Å². The zero-order valence-corrected chi connectivity index (χ0v) is 8.99. The molecule has 0 radical (unpaired) electrons. The molecule has 2 rings (SSSR count). The number of aliphatic carboxylic acids is 1. The van der Waals surface area contributed by atoms with E-state index in [2.05, 4.69) is 0 Å². The smallest absolute Gasteiger partial charge is 0.314 e.